The topological polar surface area (TPSA) is 172 Å². The van der Waals surface area contributed by atoms with Crippen LogP contribution in [0.4, 0.5) is 41.4 Å². The van der Waals surface area contributed by atoms with Gasteiger partial charge in [0, 0.05) is 56.1 Å². The number of likely N-dealkylation sites (tertiary alicyclic amines) is 2. The van der Waals surface area contributed by atoms with Crippen LogP contribution in [0, 0.1) is 18.6 Å². The Balaban J connectivity index is 0.000000186. The van der Waals surface area contributed by atoms with Crippen LogP contribution in [0.25, 0.3) is 11.3 Å². The van der Waals surface area contributed by atoms with E-state index in [9.17, 15) is 28.6 Å². The lowest BCUT2D eigenvalue weighted by Gasteiger charge is -2.27. The summed E-state index contributed by atoms with van der Waals surface area (Å²) in [5.41, 5.74) is 5.23. The zero-order chi connectivity index (χ0) is 43.1. The molecule has 19 heteroatoms. The van der Waals surface area contributed by atoms with Crippen LogP contribution in [0.2, 0.25) is 0 Å². The predicted molar refractivity (Wildman–Crippen MR) is 246 cm³/mol. The zero-order valence-corrected chi connectivity index (χ0v) is 35.6. The molecule has 10 rings (SSSR count). The average Bonchev–Trinajstić information content (AvgIpc) is 4.12. The van der Waals surface area contributed by atoms with Gasteiger partial charge >= 0.3 is 12.1 Å². The van der Waals surface area contributed by atoms with Crippen LogP contribution in [0.15, 0.2) is 77.8 Å². The van der Waals surface area contributed by atoms with E-state index in [1.807, 2.05) is 43.6 Å². The van der Waals surface area contributed by atoms with E-state index in [-0.39, 0.29) is 50.6 Å². The molecular formula is C45H55BrF2N12O4. The summed E-state index contributed by atoms with van der Waals surface area (Å²) in [5, 5.41) is 33.7. The third-order valence-corrected chi connectivity index (χ3v) is 12.8. The van der Waals surface area contributed by atoms with Crippen molar-refractivity contribution >= 4 is 62.3 Å². The minimum atomic E-state index is -0.475. The minimum absolute atomic E-state index is 0. The Hall–Kier alpha value is -5.92. The lowest BCUT2D eigenvalue weighted by molar-refractivity contribution is 0.176. The van der Waals surface area contributed by atoms with Crippen LogP contribution in [0.5, 0.6) is 0 Å². The van der Waals surface area contributed by atoms with Gasteiger partial charge in [0.1, 0.15) is 34.6 Å². The highest BCUT2D eigenvalue weighted by Crippen LogP contribution is 2.40. The molecule has 16 nitrogen and oxygen atoms in total. The molecule has 4 amide bonds. The fraction of sp³-hybridized carbons (Fsp3) is 0.422. The molecule has 4 saturated heterocycles. The largest absolute Gasteiger partial charge is 0.391 e. The molecule has 0 spiro atoms. The van der Waals surface area contributed by atoms with E-state index in [4.69, 9.17) is 9.97 Å². The van der Waals surface area contributed by atoms with Gasteiger partial charge < -0.3 is 40.4 Å². The van der Waals surface area contributed by atoms with Gasteiger partial charge in [0.25, 0.3) is 0 Å². The first kappa shape index (κ1) is 46.1. The van der Waals surface area contributed by atoms with Crippen LogP contribution >= 0.6 is 15.9 Å². The summed E-state index contributed by atoms with van der Waals surface area (Å²) in [6, 6.07) is 13.2. The molecule has 64 heavy (non-hydrogen) atoms. The number of carbonyl (C=O) groups excluding carboxylic acids is 2. The zero-order valence-electron chi connectivity index (χ0n) is 34.0. The molecule has 6 aromatic rings. The highest BCUT2D eigenvalue weighted by atomic mass is 79.9. The summed E-state index contributed by atoms with van der Waals surface area (Å²) < 4.78 is 31.1. The Morgan fingerprint density at radius 3 is 1.59 bits per heavy atom. The van der Waals surface area contributed by atoms with Gasteiger partial charge in [-0.25, -0.2) is 37.4 Å². The van der Waals surface area contributed by atoms with E-state index in [2.05, 4.69) is 46.6 Å². The molecule has 4 aliphatic rings. The van der Waals surface area contributed by atoms with Crippen molar-refractivity contribution in [1.82, 2.24) is 39.0 Å². The normalized spacial score (nSPS) is 20.6. The molecule has 8 heterocycles. The Bertz CT molecular complexity index is 2450. The first-order valence-corrected chi connectivity index (χ1v) is 21.7. The average molecular weight is 946 g/mol. The van der Waals surface area contributed by atoms with Gasteiger partial charge in [-0.2, -0.15) is 10.2 Å². The molecule has 0 aliphatic carbocycles. The van der Waals surface area contributed by atoms with Gasteiger partial charge in [0.2, 0.25) is 0 Å². The molecule has 0 bridgehead atoms. The molecule has 2 aromatic carbocycles. The van der Waals surface area contributed by atoms with Gasteiger partial charge in [-0.15, -0.1) is 0 Å². The molecular weight excluding hydrogens is 890 g/mol. The summed E-state index contributed by atoms with van der Waals surface area (Å²) in [6.07, 6.45) is 11.0. The van der Waals surface area contributed by atoms with Crippen LogP contribution in [0.1, 0.15) is 82.2 Å². The Morgan fingerprint density at radius 2 is 1.14 bits per heavy atom. The smallest absolute Gasteiger partial charge is 0.322 e. The predicted octanol–water partition coefficient (Wildman–Crippen LogP) is 7.96. The maximum atomic E-state index is 13.6. The van der Waals surface area contributed by atoms with Crippen molar-refractivity contribution in [2.24, 2.45) is 0 Å². The minimum Gasteiger partial charge on any atom is -0.391 e. The molecule has 0 saturated carbocycles. The van der Waals surface area contributed by atoms with Crippen molar-refractivity contribution in [1.29, 1.82) is 0 Å². The fourth-order valence-electron chi connectivity index (χ4n) is 8.97. The van der Waals surface area contributed by atoms with Crippen LogP contribution in [0.3, 0.4) is 0 Å². The molecule has 4 fully saturated rings. The van der Waals surface area contributed by atoms with Crippen LogP contribution < -0.4 is 20.4 Å². The number of halogens is 3. The van der Waals surface area contributed by atoms with Crippen molar-refractivity contribution in [3.8, 4) is 0 Å². The van der Waals surface area contributed by atoms with E-state index < -0.39 is 12.2 Å². The number of anilines is 4. The SMILES string of the molecule is C.C.Cc1cc(F)ccc1[C@H]1CCCN1c1ccn2ncc(NC(=O)N3CC[C@H](O)C3)c2n1.O=C(Nc1cnn2ccc(N3CCC[C@@H]3c3ccc(F)cc3Br)nc12)N1CC[C@H](O)C1. The highest BCUT2D eigenvalue weighted by Gasteiger charge is 2.32. The number of nitrogens with one attached hydrogen (secondary N) is 2. The Kier molecular flexibility index (Phi) is 14.0. The number of aromatic nitrogens is 6. The second-order valence-electron chi connectivity index (χ2n) is 16.2. The number of rotatable bonds is 6. The molecule has 0 radical (unpaired) electrons. The number of β-amino-alcohol motifs (C(OH)–C–C–N with tert-alkyl or cyclic N) is 2. The number of aliphatic hydroxyl groups is 2. The van der Waals surface area contributed by atoms with Gasteiger partial charge in [0.05, 0.1) is 36.7 Å². The second kappa shape index (κ2) is 19.4. The number of urea groups is 2. The number of hydrogen-bond donors (Lipinski definition) is 4. The van der Waals surface area contributed by atoms with Crippen LogP contribution in [-0.2, 0) is 0 Å². The number of aryl methyl sites for hydroxylation is 1. The van der Waals surface area contributed by atoms with Crippen molar-refractivity contribution in [3.05, 3.63) is 106 Å². The first-order chi connectivity index (χ1) is 30.0. The Labute approximate surface area is 379 Å². The number of amides is 4. The van der Waals surface area contributed by atoms with E-state index in [1.54, 1.807) is 37.3 Å². The molecule has 0 unspecified atom stereocenters. The first-order valence-electron chi connectivity index (χ1n) is 20.9. The third kappa shape index (κ3) is 9.46. The summed E-state index contributed by atoms with van der Waals surface area (Å²) in [5.74, 6) is 1.07. The maximum Gasteiger partial charge on any atom is 0.322 e. The fourth-order valence-corrected chi connectivity index (χ4v) is 9.58. The maximum absolute atomic E-state index is 13.6. The van der Waals surface area contributed by atoms with Crippen molar-refractivity contribution < 1.29 is 28.6 Å². The lowest BCUT2D eigenvalue weighted by atomic mass is 9.99. The molecule has 4 aliphatic heterocycles. The Morgan fingerprint density at radius 1 is 0.672 bits per heavy atom. The van der Waals surface area contributed by atoms with Crippen molar-refractivity contribution in [3.63, 3.8) is 0 Å². The summed E-state index contributed by atoms with van der Waals surface area (Å²) in [6.45, 7) is 5.32. The monoisotopic (exact) mass is 944 g/mol. The summed E-state index contributed by atoms with van der Waals surface area (Å²) >= 11 is 3.49. The number of aliphatic hydroxyl groups excluding tert-OH is 2. The quantitative estimate of drug-likeness (QED) is 0.128. The van der Waals surface area contributed by atoms with Crippen molar-refractivity contribution in [2.75, 3.05) is 59.7 Å². The van der Waals surface area contributed by atoms with Gasteiger partial charge in [0.15, 0.2) is 11.3 Å². The molecule has 340 valence electrons. The van der Waals surface area contributed by atoms with E-state index in [0.29, 0.717) is 61.7 Å². The van der Waals surface area contributed by atoms with Crippen molar-refractivity contribution in [2.45, 2.75) is 84.6 Å². The standard InChI is InChI=1S/C22H25FN6O2.C21H22BrFN6O2.2CH4/c1-14-11-15(23)4-5-17(14)19-3-2-8-28(19)20-7-10-29-21(26-20)18(12-24-29)25-22(31)27-9-6-16(30)13-27;22-16-10-13(23)3-4-15(16)18-2-1-7-28(18)19-6-9-29-20(26-19)17(11-24-29)25-21(31)27-8-5-14(30)12-27;;/h4-5,7,10-12,16,19,30H,2-3,6,8-9,13H2,1H3,(H,25,31);3-4,6,9-11,14,18,30H,1-2,5,7-8,12H2,(H,25,31);2*1H4/t16-,19+;14-,18+;;/m00../s1. The third-order valence-electron chi connectivity index (χ3n) is 12.1. The number of hydrogen-bond acceptors (Lipinski definition) is 10. The van der Waals surface area contributed by atoms with Gasteiger partial charge in [-0.05, 0) is 98.5 Å². The van der Waals surface area contributed by atoms with Crippen LogP contribution in [-0.4, -0.2) is 113 Å². The molecule has 4 atom stereocenters. The number of carbonyl (C=O) groups is 2. The van der Waals surface area contributed by atoms with E-state index in [1.165, 1.54) is 18.2 Å². The summed E-state index contributed by atoms with van der Waals surface area (Å²) in [7, 11) is 0. The second-order valence-corrected chi connectivity index (χ2v) is 17.1. The van der Waals surface area contributed by atoms with Gasteiger partial charge in [-0.3, -0.25) is 0 Å². The highest BCUT2D eigenvalue weighted by molar-refractivity contribution is 9.10. The summed E-state index contributed by atoms with van der Waals surface area (Å²) in [4.78, 5) is 42.3. The number of fused-ring (bicyclic) bond motifs is 2. The number of nitrogens with zero attached hydrogens (tertiary/aromatic N) is 10. The molecule has 4 aromatic heterocycles. The lowest BCUT2D eigenvalue weighted by Crippen LogP contribution is -2.33. The van der Waals surface area contributed by atoms with E-state index >= 15 is 0 Å². The van der Waals surface area contributed by atoms with E-state index in [0.717, 1.165) is 71.6 Å². The number of benzene rings is 2. The molecule has 4 N–H and O–H groups in total. The van der Waals surface area contributed by atoms with Gasteiger partial charge in [-0.1, -0.05) is 42.9 Å².